The number of amides is 2. The monoisotopic (exact) mass is 384 g/mol. The van der Waals surface area contributed by atoms with Gasteiger partial charge in [0.25, 0.3) is 5.91 Å². The first-order valence-electron chi connectivity index (χ1n) is 9.87. The van der Waals surface area contributed by atoms with E-state index in [4.69, 9.17) is 4.42 Å². The lowest BCUT2D eigenvalue weighted by molar-refractivity contribution is -0.124. The molecule has 150 valence electrons. The second-order valence-electron chi connectivity index (χ2n) is 7.42. The molecule has 2 amide bonds. The lowest BCUT2D eigenvalue weighted by Crippen LogP contribution is -2.49. The Labute approximate surface area is 165 Å². The topological polar surface area (TPSA) is 87.5 Å². The van der Waals surface area contributed by atoms with Crippen molar-refractivity contribution in [2.75, 3.05) is 18.0 Å². The summed E-state index contributed by atoms with van der Waals surface area (Å²) in [6.07, 6.45) is 6.80. The molecule has 0 spiro atoms. The van der Waals surface area contributed by atoms with E-state index < -0.39 is 11.9 Å². The molecule has 0 saturated carbocycles. The summed E-state index contributed by atoms with van der Waals surface area (Å²) in [6, 6.07) is 6.44. The Morgan fingerprint density at radius 3 is 2.64 bits per heavy atom. The van der Waals surface area contributed by atoms with Gasteiger partial charge in [0.15, 0.2) is 5.76 Å². The summed E-state index contributed by atoms with van der Waals surface area (Å²) < 4.78 is 5.11. The van der Waals surface area contributed by atoms with E-state index >= 15 is 0 Å². The number of aromatic nitrogens is 1. The minimum absolute atomic E-state index is 0.0608. The van der Waals surface area contributed by atoms with Gasteiger partial charge in [-0.05, 0) is 43.4 Å². The number of pyridine rings is 1. The van der Waals surface area contributed by atoms with Crippen molar-refractivity contribution in [1.82, 2.24) is 15.6 Å². The van der Waals surface area contributed by atoms with E-state index in [-0.39, 0.29) is 17.6 Å². The minimum atomic E-state index is -0.646. The van der Waals surface area contributed by atoms with Gasteiger partial charge in [-0.1, -0.05) is 19.9 Å². The molecule has 3 rings (SSSR count). The van der Waals surface area contributed by atoms with Crippen LogP contribution in [0.1, 0.15) is 49.2 Å². The number of carbonyl (C=O) groups is 2. The van der Waals surface area contributed by atoms with Crippen molar-refractivity contribution in [3.8, 4) is 0 Å². The molecule has 1 unspecified atom stereocenters. The fourth-order valence-electron chi connectivity index (χ4n) is 3.41. The number of hydrogen-bond acceptors (Lipinski definition) is 5. The molecular formula is C21H28N4O3. The van der Waals surface area contributed by atoms with Crippen LogP contribution in [0.2, 0.25) is 0 Å². The van der Waals surface area contributed by atoms with Crippen LogP contribution in [-0.2, 0) is 11.3 Å². The third-order valence-corrected chi connectivity index (χ3v) is 4.96. The van der Waals surface area contributed by atoms with Gasteiger partial charge in [-0.3, -0.25) is 9.59 Å². The first-order valence-corrected chi connectivity index (χ1v) is 9.87. The number of nitrogens with one attached hydrogen (secondary N) is 2. The smallest absolute Gasteiger partial charge is 0.287 e. The molecule has 2 aromatic rings. The normalized spacial score (nSPS) is 15.3. The Hall–Kier alpha value is -2.83. The summed E-state index contributed by atoms with van der Waals surface area (Å²) in [4.78, 5) is 31.8. The quantitative estimate of drug-likeness (QED) is 0.766. The molecule has 3 heterocycles. The molecule has 2 N–H and O–H groups in total. The molecule has 0 aliphatic carbocycles. The van der Waals surface area contributed by atoms with Crippen LogP contribution in [0.25, 0.3) is 0 Å². The number of hydrogen-bond donors (Lipinski definition) is 2. The van der Waals surface area contributed by atoms with Crippen LogP contribution in [0.5, 0.6) is 0 Å². The SMILES string of the molecule is CC(C)C(NC(=O)c1ccco1)C(=O)NCc1cccnc1N1CCCCC1. The van der Waals surface area contributed by atoms with Gasteiger partial charge < -0.3 is 20.0 Å². The third-order valence-electron chi connectivity index (χ3n) is 4.96. The van der Waals surface area contributed by atoms with Gasteiger partial charge in [0.1, 0.15) is 11.9 Å². The number of nitrogens with zero attached hydrogens (tertiary/aromatic N) is 2. The van der Waals surface area contributed by atoms with Crippen molar-refractivity contribution in [3.63, 3.8) is 0 Å². The third kappa shape index (κ3) is 4.91. The van der Waals surface area contributed by atoms with E-state index in [1.54, 1.807) is 18.3 Å². The fraction of sp³-hybridized carbons (Fsp3) is 0.476. The molecule has 1 aliphatic heterocycles. The highest BCUT2D eigenvalue weighted by molar-refractivity contribution is 5.95. The van der Waals surface area contributed by atoms with Crippen LogP contribution >= 0.6 is 0 Å². The van der Waals surface area contributed by atoms with Gasteiger partial charge in [-0.2, -0.15) is 0 Å². The second kappa shape index (κ2) is 9.39. The fourth-order valence-corrected chi connectivity index (χ4v) is 3.41. The number of carbonyl (C=O) groups excluding carboxylic acids is 2. The Morgan fingerprint density at radius 1 is 1.18 bits per heavy atom. The average Bonchev–Trinajstić information content (AvgIpc) is 3.26. The van der Waals surface area contributed by atoms with Crippen molar-refractivity contribution in [2.45, 2.75) is 45.7 Å². The lowest BCUT2D eigenvalue weighted by atomic mass is 10.0. The summed E-state index contributed by atoms with van der Waals surface area (Å²) >= 11 is 0. The molecule has 1 aliphatic rings. The molecule has 7 heteroatoms. The van der Waals surface area contributed by atoms with E-state index in [2.05, 4.69) is 20.5 Å². The van der Waals surface area contributed by atoms with Crippen molar-refractivity contribution in [3.05, 3.63) is 48.0 Å². The summed E-state index contributed by atoms with van der Waals surface area (Å²) in [5, 5.41) is 5.72. The Kier molecular flexibility index (Phi) is 6.68. The van der Waals surface area contributed by atoms with E-state index in [0.29, 0.717) is 6.54 Å². The molecule has 2 aromatic heterocycles. The predicted octanol–water partition coefficient (Wildman–Crippen LogP) is 2.74. The number of anilines is 1. The van der Waals surface area contributed by atoms with E-state index in [1.165, 1.54) is 12.7 Å². The highest BCUT2D eigenvalue weighted by atomic mass is 16.3. The lowest BCUT2D eigenvalue weighted by Gasteiger charge is -2.29. The highest BCUT2D eigenvalue weighted by Crippen LogP contribution is 2.21. The molecular weight excluding hydrogens is 356 g/mol. The maximum absolute atomic E-state index is 12.8. The van der Waals surface area contributed by atoms with Gasteiger partial charge in [-0.25, -0.2) is 4.98 Å². The number of rotatable bonds is 7. The maximum atomic E-state index is 12.8. The molecule has 1 saturated heterocycles. The van der Waals surface area contributed by atoms with Gasteiger partial charge in [0, 0.05) is 31.4 Å². The number of furan rings is 1. The van der Waals surface area contributed by atoms with Crippen LogP contribution in [0.15, 0.2) is 41.1 Å². The first-order chi connectivity index (χ1) is 13.6. The molecule has 0 bridgehead atoms. The molecule has 0 aromatic carbocycles. The van der Waals surface area contributed by atoms with Crippen molar-refractivity contribution in [2.24, 2.45) is 5.92 Å². The standard InChI is InChI=1S/C21H28N4O3/c1-15(2)18(24-20(26)17-9-7-13-28-17)21(27)23-14-16-8-6-10-22-19(16)25-11-4-3-5-12-25/h6-10,13,15,18H,3-5,11-12,14H2,1-2H3,(H,23,27)(H,24,26). The van der Waals surface area contributed by atoms with Gasteiger partial charge in [0.05, 0.1) is 6.26 Å². The first kappa shape index (κ1) is 19.9. The van der Waals surface area contributed by atoms with Gasteiger partial charge >= 0.3 is 0 Å². The Balaban J connectivity index is 1.64. The molecule has 1 fully saturated rings. The minimum Gasteiger partial charge on any atom is -0.459 e. The van der Waals surface area contributed by atoms with Crippen molar-refractivity contribution in [1.29, 1.82) is 0 Å². The molecule has 0 radical (unpaired) electrons. The van der Waals surface area contributed by atoms with Crippen LogP contribution < -0.4 is 15.5 Å². The zero-order valence-electron chi connectivity index (χ0n) is 16.5. The van der Waals surface area contributed by atoms with Gasteiger partial charge in [0.2, 0.25) is 5.91 Å². The molecule has 28 heavy (non-hydrogen) atoms. The number of piperidine rings is 1. The Bertz CT molecular complexity index is 783. The van der Waals surface area contributed by atoms with E-state index in [9.17, 15) is 9.59 Å². The van der Waals surface area contributed by atoms with Crippen molar-refractivity contribution >= 4 is 17.6 Å². The molecule has 7 nitrogen and oxygen atoms in total. The van der Waals surface area contributed by atoms with Crippen LogP contribution in [0.4, 0.5) is 5.82 Å². The summed E-state index contributed by atoms with van der Waals surface area (Å²) in [6.45, 7) is 6.15. The van der Waals surface area contributed by atoms with Crippen LogP contribution in [0, 0.1) is 5.92 Å². The largest absolute Gasteiger partial charge is 0.459 e. The van der Waals surface area contributed by atoms with Crippen LogP contribution in [-0.4, -0.2) is 35.9 Å². The second-order valence-corrected chi connectivity index (χ2v) is 7.42. The van der Waals surface area contributed by atoms with E-state index in [1.807, 2.05) is 26.0 Å². The predicted molar refractivity (Wildman–Crippen MR) is 107 cm³/mol. The summed E-state index contributed by atoms with van der Waals surface area (Å²) in [5.74, 6) is 0.452. The summed E-state index contributed by atoms with van der Waals surface area (Å²) in [7, 11) is 0. The zero-order valence-corrected chi connectivity index (χ0v) is 16.5. The zero-order chi connectivity index (χ0) is 19.9. The Morgan fingerprint density at radius 2 is 1.96 bits per heavy atom. The highest BCUT2D eigenvalue weighted by Gasteiger charge is 2.26. The molecule has 1 atom stereocenters. The maximum Gasteiger partial charge on any atom is 0.287 e. The van der Waals surface area contributed by atoms with E-state index in [0.717, 1.165) is 37.3 Å². The van der Waals surface area contributed by atoms with Crippen LogP contribution in [0.3, 0.4) is 0 Å². The average molecular weight is 384 g/mol. The summed E-state index contributed by atoms with van der Waals surface area (Å²) in [5.41, 5.74) is 0.984. The van der Waals surface area contributed by atoms with Gasteiger partial charge in [-0.15, -0.1) is 0 Å². The van der Waals surface area contributed by atoms with Crippen molar-refractivity contribution < 1.29 is 14.0 Å².